The molecule has 0 N–H and O–H groups in total. The van der Waals surface area contributed by atoms with Gasteiger partial charge in [0, 0.05) is 20.1 Å². The summed E-state index contributed by atoms with van der Waals surface area (Å²) in [7, 11) is 0. The van der Waals surface area contributed by atoms with Gasteiger partial charge in [-0.1, -0.05) is 22.0 Å². The summed E-state index contributed by atoms with van der Waals surface area (Å²) in [6.07, 6.45) is -0.896. The summed E-state index contributed by atoms with van der Waals surface area (Å²) in [6, 6.07) is 5.92. The molecule has 1 heterocycles. The van der Waals surface area contributed by atoms with Crippen molar-refractivity contribution < 1.29 is 4.39 Å². The van der Waals surface area contributed by atoms with E-state index < -0.39 is 6.17 Å². The third-order valence-corrected chi connectivity index (χ3v) is 3.63. The van der Waals surface area contributed by atoms with Crippen LogP contribution < -0.4 is 0 Å². The van der Waals surface area contributed by atoms with Crippen molar-refractivity contribution in [1.82, 2.24) is 0 Å². The van der Waals surface area contributed by atoms with Crippen molar-refractivity contribution in [3.8, 4) is 0 Å². The Hall–Kier alpha value is -0.410. The van der Waals surface area contributed by atoms with E-state index >= 15 is 0 Å². The smallest absolute Gasteiger partial charge is 0.124 e. The van der Waals surface area contributed by atoms with Crippen molar-refractivity contribution in [2.24, 2.45) is 0 Å². The van der Waals surface area contributed by atoms with Crippen LogP contribution in [0, 0.1) is 0 Å². The minimum absolute atomic E-state index is 0.785. The lowest BCUT2D eigenvalue weighted by atomic mass is 10.1. The maximum absolute atomic E-state index is 13.2. The van der Waals surface area contributed by atoms with Gasteiger partial charge in [-0.25, -0.2) is 4.39 Å². The second kappa shape index (κ2) is 3.39. The normalized spacial score (nSPS) is 13.5. The standard InChI is InChI=1S/C10H8BrFS/c1-6(12)7-5-13-9-4-2-3-8(11)10(7)9/h2-6H,1H3. The SMILES string of the molecule is CC(F)c1csc2cccc(Br)c12. The molecule has 0 saturated heterocycles. The van der Waals surface area contributed by atoms with Gasteiger partial charge in [-0.15, -0.1) is 11.3 Å². The summed E-state index contributed by atoms with van der Waals surface area (Å²) in [5.41, 5.74) is 0.785. The topological polar surface area (TPSA) is 0 Å². The Balaban J connectivity index is 2.79. The van der Waals surface area contributed by atoms with Gasteiger partial charge in [-0.3, -0.25) is 0 Å². The molecule has 68 valence electrons. The molecular formula is C10H8BrFS. The monoisotopic (exact) mass is 258 g/mol. The molecule has 0 bridgehead atoms. The van der Waals surface area contributed by atoms with E-state index in [4.69, 9.17) is 0 Å². The zero-order valence-corrected chi connectivity index (χ0v) is 9.45. The molecule has 2 aromatic rings. The highest BCUT2D eigenvalue weighted by atomic mass is 79.9. The van der Waals surface area contributed by atoms with E-state index in [9.17, 15) is 4.39 Å². The summed E-state index contributed by atoms with van der Waals surface area (Å²) in [4.78, 5) is 0. The van der Waals surface area contributed by atoms with Crippen LogP contribution in [0.3, 0.4) is 0 Å². The molecule has 1 atom stereocenters. The number of thiophene rings is 1. The van der Waals surface area contributed by atoms with Crippen LogP contribution in [0.1, 0.15) is 18.7 Å². The first-order valence-corrected chi connectivity index (χ1v) is 5.67. The first kappa shape index (κ1) is 9.16. The number of halogens is 2. The lowest BCUT2D eigenvalue weighted by molar-refractivity contribution is 0.377. The summed E-state index contributed by atoms with van der Waals surface area (Å²) in [5.74, 6) is 0. The minimum Gasteiger partial charge on any atom is -0.243 e. The fourth-order valence-corrected chi connectivity index (χ4v) is 3.15. The highest BCUT2D eigenvalue weighted by Gasteiger charge is 2.11. The van der Waals surface area contributed by atoms with E-state index in [1.54, 1.807) is 18.3 Å². The van der Waals surface area contributed by atoms with Gasteiger partial charge in [0.2, 0.25) is 0 Å². The molecule has 0 saturated carbocycles. The van der Waals surface area contributed by atoms with Gasteiger partial charge in [0.05, 0.1) is 0 Å². The summed E-state index contributed by atoms with van der Waals surface area (Å²) >= 11 is 5.02. The van der Waals surface area contributed by atoms with Gasteiger partial charge >= 0.3 is 0 Å². The quantitative estimate of drug-likeness (QED) is 0.696. The van der Waals surface area contributed by atoms with Crippen molar-refractivity contribution >= 4 is 37.4 Å². The molecule has 0 fully saturated rings. The Labute approximate surface area is 88.5 Å². The predicted molar refractivity (Wildman–Crippen MR) is 59.0 cm³/mol. The molecule has 0 aliphatic heterocycles. The van der Waals surface area contributed by atoms with Gasteiger partial charge in [-0.2, -0.15) is 0 Å². The van der Waals surface area contributed by atoms with E-state index in [-0.39, 0.29) is 0 Å². The first-order valence-electron chi connectivity index (χ1n) is 4.00. The van der Waals surface area contributed by atoms with E-state index in [1.807, 2.05) is 23.6 Å². The maximum Gasteiger partial charge on any atom is 0.124 e. The van der Waals surface area contributed by atoms with E-state index in [1.165, 1.54) is 0 Å². The third-order valence-electron chi connectivity index (χ3n) is 2.01. The van der Waals surface area contributed by atoms with Crippen molar-refractivity contribution in [2.75, 3.05) is 0 Å². The molecule has 0 amide bonds. The second-order valence-corrected chi connectivity index (χ2v) is 4.69. The number of hydrogen-bond acceptors (Lipinski definition) is 1. The molecule has 0 aliphatic rings. The zero-order chi connectivity index (χ0) is 9.42. The molecule has 0 nitrogen and oxygen atoms in total. The number of hydrogen-bond donors (Lipinski definition) is 0. The highest BCUT2D eigenvalue weighted by Crippen LogP contribution is 2.36. The molecular weight excluding hydrogens is 251 g/mol. The van der Waals surface area contributed by atoms with Crippen LogP contribution in [-0.4, -0.2) is 0 Å². The number of rotatable bonds is 1. The number of benzene rings is 1. The summed E-state index contributed by atoms with van der Waals surface area (Å²) < 4.78 is 15.3. The highest BCUT2D eigenvalue weighted by molar-refractivity contribution is 9.10. The van der Waals surface area contributed by atoms with Gasteiger partial charge in [-0.05, 0) is 24.4 Å². The van der Waals surface area contributed by atoms with Gasteiger partial charge in [0.15, 0.2) is 0 Å². The average molecular weight is 259 g/mol. The predicted octanol–water partition coefficient (Wildman–Crippen LogP) is 4.69. The van der Waals surface area contributed by atoms with E-state index in [0.29, 0.717) is 0 Å². The Morgan fingerprint density at radius 3 is 2.92 bits per heavy atom. The Kier molecular flexibility index (Phi) is 2.39. The van der Waals surface area contributed by atoms with Crippen LogP contribution in [0.15, 0.2) is 28.1 Å². The molecule has 0 radical (unpaired) electrons. The van der Waals surface area contributed by atoms with Crippen LogP contribution in [0.25, 0.3) is 10.1 Å². The first-order chi connectivity index (χ1) is 6.20. The van der Waals surface area contributed by atoms with Crippen molar-refractivity contribution in [3.63, 3.8) is 0 Å². The number of alkyl halides is 1. The summed E-state index contributed by atoms with van der Waals surface area (Å²) in [6.45, 7) is 1.57. The van der Waals surface area contributed by atoms with Gasteiger partial charge < -0.3 is 0 Å². The Bertz CT molecular complexity index is 433. The van der Waals surface area contributed by atoms with Crippen LogP contribution in [0.5, 0.6) is 0 Å². The fourth-order valence-electron chi connectivity index (χ4n) is 1.36. The lowest BCUT2D eigenvalue weighted by Gasteiger charge is -2.00. The van der Waals surface area contributed by atoms with Crippen LogP contribution >= 0.6 is 27.3 Å². The third kappa shape index (κ3) is 1.51. The molecule has 0 spiro atoms. The zero-order valence-electron chi connectivity index (χ0n) is 7.05. The molecule has 1 aromatic carbocycles. The van der Waals surface area contributed by atoms with E-state index in [0.717, 1.165) is 20.1 Å². The molecule has 0 aliphatic carbocycles. The molecule has 1 unspecified atom stereocenters. The number of fused-ring (bicyclic) bond motifs is 1. The second-order valence-electron chi connectivity index (χ2n) is 2.92. The molecule has 3 heteroatoms. The van der Waals surface area contributed by atoms with Crippen LogP contribution in [-0.2, 0) is 0 Å². The fraction of sp³-hybridized carbons (Fsp3) is 0.200. The molecule has 1 aromatic heterocycles. The molecule has 2 rings (SSSR count). The Morgan fingerprint density at radius 2 is 2.23 bits per heavy atom. The van der Waals surface area contributed by atoms with Gasteiger partial charge in [0.25, 0.3) is 0 Å². The largest absolute Gasteiger partial charge is 0.243 e. The summed E-state index contributed by atoms with van der Waals surface area (Å²) in [5, 5.41) is 2.91. The van der Waals surface area contributed by atoms with Crippen LogP contribution in [0.4, 0.5) is 4.39 Å². The minimum atomic E-state index is -0.896. The Morgan fingerprint density at radius 1 is 1.46 bits per heavy atom. The van der Waals surface area contributed by atoms with Crippen LogP contribution in [0.2, 0.25) is 0 Å². The van der Waals surface area contributed by atoms with Gasteiger partial charge in [0.1, 0.15) is 6.17 Å². The van der Waals surface area contributed by atoms with Crippen molar-refractivity contribution in [3.05, 3.63) is 33.6 Å². The van der Waals surface area contributed by atoms with Crippen molar-refractivity contribution in [1.29, 1.82) is 0 Å². The maximum atomic E-state index is 13.2. The average Bonchev–Trinajstić information content (AvgIpc) is 2.49. The lowest BCUT2D eigenvalue weighted by Crippen LogP contribution is -1.82. The van der Waals surface area contributed by atoms with Crippen molar-refractivity contribution in [2.45, 2.75) is 13.1 Å². The molecule has 13 heavy (non-hydrogen) atoms. The van der Waals surface area contributed by atoms with E-state index in [2.05, 4.69) is 15.9 Å².